The number of aromatic nitrogens is 2. The van der Waals surface area contributed by atoms with Crippen LogP contribution in [0.15, 0.2) is 24.3 Å². The van der Waals surface area contributed by atoms with Gasteiger partial charge in [0.2, 0.25) is 5.95 Å². The lowest BCUT2D eigenvalue weighted by Crippen LogP contribution is -2.34. The molecule has 2 N–H and O–H groups in total. The molecule has 0 amide bonds. The minimum atomic E-state index is 0.556. The first-order valence-electron chi connectivity index (χ1n) is 5.73. The average molecular weight is 216 g/mol. The van der Waals surface area contributed by atoms with Gasteiger partial charge in [0.25, 0.3) is 0 Å². The highest BCUT2D eigenvalue weighted by Gasteiger charge is 2.21. The van der Waals surface area contributed by atoms with E-state index in [1.165, 1.54) is 6.42 Å². The summed E-state index contributed by atoms with van der Waals surface area (Å²) in [6, 6.07) is 8.70. The second kappa shape index (κ2) is 3.79. The fourth-order valence-corrected chi connectivity index (χ4v) is 2.25. The van der Waals surface area contributed by atoms with Gasteiger partial charge in [-0.2, -0.15) is 0 Å². The zero-order chi connectivity index (χ0) is 11.0. The topological polar surface area (TPSA) is 44.0 Å². The summed E-state index contributed by atoms with van der Waals surface area (Å²) in [4.78, 5) is 10.2. The van der Waals surface area contributed by atoms with E-state index in [0.29, 0.717) is 6.04 Å². The van der Waals surface area contributed by atoms with E-state index in [-0.39, 0.29) is 0 Å². The van der Waals surface area contributed by atoms with Crippen LogP contribution < -0.4 is 10.2 Å². The van der Waals surface area contributed by atoms with Gasteiger partial charge in [0.1, 0.15) is 0 Å². The third-order valence-corrected chi connectivity index (χ3v) is 3.29. The van der Waals surface area contributed by atoms with Crippen LogP contribution >= 0.6 is 0 Å². The summed E-state index contributed by atoms with van der Waals surface area (Å²) in [6.45, 7) is 2.16. The molecule has 1 aliphatic heterocycles. The van der Waals surface area contributed by atoms with Crippen LogP contribution in [0, 0.1) is 0 Å². The van der Waals surface area contributed by atoms with Crippen molar-refractivity contribution in [2.75, 3.05) is 25.0 Å². The van der Waals surface area contributed by atoms with Crippen molar-refractivity contribution in [2.45, 2.75) is 12.5 Å². The molecule has 1 aromatic heterocycles. The predicted molar refractivity (Wildman–Crippen MR) is 65.8 cm³/mol. The van der Waals surface area contributed by atoms with Gasteiger partial charge in [-0.3, -0.25) is 0 Å². The van der Waals surface area contributed by atoms with Crippen LogP contribution in [0.1, 0.15) is 6.42 Å². The van der Waals surface area contributed by atoms with Crippen molar-refractivity contribution >= 4 is 17.0 Å². The van der Waals surface area contributed by atoms with Crippen LogP contribution in [0.25, 0.3) is 11.0 Å². The summed E-state index contributed by atoms with van der Waals surface area (Å²) in [5.74, 6) is 0.968. The fraction of sp³-hybridized carbons (Fsp3) is 0.417. The molecule has 16 heavy (non-hydrogen) atoms. The Balaban J connectivity index is 1.92. The fourth-order valence-electron chi connectivity index (χ4n) is 2.25. The Hall–Kier alpha value is -1.55. The summed E-state index contributed by atoms with van der Waals surface area (Å²) in [5.41, 5.74) is 2.14. The number of aromatic amines is 1. The van der Waals surface area contributed by atoms with E-state index in [0.717, 1.165) is 30.1 Å². The van der Waals surface area contributed by atoms with E-state index in [9.17, 15) is 0 Å². The largest absolute Gasteiger partial charge is 0.341 e. The third-order valence-electron chi connectivity index (χ3n) is 3.29. The van der Waals surface area contributed by atoms with E-state index in [1.807, 2.05) is 18.2 Å². The first kappa shape index (κ1) is 9.66. The van der Waals surface area contributed by atoms with Gasteiger partial charge in [0.15, 0.2) is 0 Å². The number of benzene rings is 1. The molecule has 0 saturated carbocycles. The SMILES string of the molecule is CN(c1nc2ccccc2[nH]1)[C@H]1CCNC1. The second-order valence-electron chi connectivity index (χ2n) is 4.34. The Morgan fingerprint density at radius 2 is 2.25 bits per heavy atom. The molecule has 0 radical (unpaired) electrons. The molecule has 0 aliphatic carbocycles. The number of hydrogen-bond donors (Lipinski definition) is 2. The molecule has 1 fully saturated rings. The van der Waals surface area contributed by atoms with E-state index in [1.54, 1.807) is 0 Å². The minimum Gasteiger partial charge on any atom is -0.341 e. The van der Waals surface area contributed by atoms with Crippen molar-refractivity contribution < 1.29 is 0 Å². The first-order chi connectivity index (χ1) is 7.84. The average Bonchev–Trinajstić information content (AvgIpc) is 2.97. The zero-order valence-corrected chi connectivity index (χ0v) is 9.40. The number of hydrogen-bond acceptors (Lipinski definition) is 3. The Morgan fingerprint density at radius 3 is 3.00 bits per heavy atom. The van der Waals surface area contributed by atoms with Crippen molar-refractivity contribution in [3.8, 4) is 0 Å². The van der Waals surface area contributed by atoms with Gasteiger partial charge >= 0.3 is 0 Å². The lowest BCUT2D eigenvalue weighted by molar-refractivity contribution is 0.672. The van der Waals surface area contributed by atoms with Gasteiger partial charge in [-0.05, 0) is 25.1 Å². The molecule has 0 bridgehead atoms. The second-order valence-corrected chi connectivity index (χ2v) is 4.34. The van der Waals surface area contributed by atoms with Gasteiger partial charge < -0.3 is 15.2 Å². The van der Waals surface area contributed by atoms with Crippen LogP contribution in [-0.2, 0) is 0 Å². The Kier molecular flexibility index (Phi) is 2.29. The maximum absolute atomic E-state index is 4.60. The van der Waals surface area contributed by atoms with Gasteiger partial charge in [0, 0.05) is 19.6 Å². The number of para-hydroxylation sites is 2. The number of likely N-dealkylation sites (N-methyl/N-ethyl adjacent to an activating group) is 1. The maximum Gasteiger partial charge on any atom is 0.203 e. The molecule has 4 heteroatoms. The van der Waals surface area contributed by atoms with Gasteiger partial charge in [0.05, 0.1) is 11.0 Å². The monoisotopic (exact) mass is 216 g/mol. The number of fused-ring (bicyclic) bond motifs is 1. The summed E-state index contributed by atoms with van der Waals surface area (Å²) in [7, 11) is 2.11. The summed E-state index contributed by atoms with van der Waals surface area (Å²) < 4.78 is 0. The molecule has 0 unspecified atom stereocenters. The lowest BCUT2D eigenvalue weighted by atomic mass is 10.2. The van der Waals surface area contributed by atoms with Crippen molar-refractivity contribution in [3.63, 3.8) is 0 Å². The minimum absolute atomic E-state index is 0.556. The highest BCUT2D eigenvalue weighted by atomic mass is 15.3. The summed E-state index contributed by atoms with van der Waals surface area (Å²) in [6.07, 6.45) is 1.19. The van der Waals surface area contributed by atoms with E-state index in [2.05, 4.69) is 33.3 Å². The van der Waals surface area contributed by atoms with Crippen molar-refractivity contribution in [3.05, 3.63) is 24.3 Å². The van der Waals surface area contributed by atoms with E-state index >= 15 is 0 Å². The molecule has 1 saturated heterocycles. The van der Waals surface area contributed by atoms with Crippen molar-refractivity contribution in [1.82, 2.24) is 15.3 Å². The van der Waals surface area contributed by atoms with Crippen molar-refractivity contribution in [2.24, 2.45) is 0 Å². The van der Waals surface area contributed by atoms with Crippen molar-refractivity contribution in [1.29, 1.82) is 0 Å². The predicted octanol–water partition coefficient (Wildman–Crippen LogP) is 1.36. The van der Waals surface area contributed by atoms with Crippen LogP contribution in [0.3, 0.4) is 0 Å². The van der Waals surface area contributed by atoms with Gasteiger partial charge in [-0.15, -0.1) is 0 Å². The molecule has 1 aromatic carbocycles. The van der Waals surface area contributed by atoms with E-state index < -0.39 is 0 Å². The first-order valence-corrected chi connectivity index (χ1v) is 5.73. The van der Waals surface area contributed by atoms with Gasteiger partial charge in [-0.1, -0.05) is 12.1 Å². The molecule has 84 valence electrons. The number of nitrogens with zero attached hydrogens (tertiary/aromatic N) is 2. The molecule has 2 aromatic rings. The van der Waals surface area contributed by atoms with E-state index in [4.69, 9.17) is 0 Å². The highest BCUT2D eigenvalue weighted by molar-refractivity contribution is 5.77. The number of anilines is 1. The highest BCUT2D eigenvalue weighted by Crippen LogP contribution is 2.19. The molecular weight excluding hydrogens is 200 g/mol. The molecule has 1 aliphatic rings. The molecule has 0 spiro atoms. The Bertz CT molecular complexity index is 451. The van der Waals surface area contributed by atoms with Crippen LogP contribution in [0.5, 0.6) is 0 Å². The summed E-state index contributed by atoms with van der Waals surface area (Å²) in [5, 5.41) is 3.37. The summed E-state index contributed by atoms with van der Waals surface area (Å²) >= 11 is 0. The number of nitrogens with one attached hydrogen (secondary N) is 2. The number of H-pyrrole nitrogens is 1. The molecule has 4 nitrogen and oxygen atoms in total. The maximum atomic E-state index is 4.60. The van der Waals surface area contributed by atoms with Gasteiger partial charge in [-0.25, -0.2) is 4.98 Å². The molecule has 3 rings (SSSR count). The Labute approximate surface area is 94.7 Å². The third kappa shape index (κ3) is 1.55. The van der Waals surface area contributed by atoms with Crippen LogP contribution in [-0.4, -0.2) is 36.1 Å². The number of rotatable bonds is 2. The smallest absolute Gasteiger partial charge is 0.203 e. The quantitative estimate of drug-likeness (QED) is 0.796. The molecule has 2 heterocycles. The standard InChI is InChI=1S/C12H16N4/c1-16(9-6-7-13-8-9)12-14-10-4-2-3-5-11(10)15-12/h2-5,9,13H,6-8H2,1H3,(H,14,15)/t9-/m0/s1. The van der Waals surface area contributed by atoms with Crippen LogP contribution in [0.2, 0.25) is 0 Å². The zero-order valence-electron chi connectivity index (χ0n) is 9.40. The number of imidazole rings is 1. The molecule has 1 atom stereocenters. The lowest BCUT2D eigenvalue weighted by Gasteiger charge is -2.22. The normalized spacial score (nSPS) is 20.4. The van der Waals surface area contributed by atoms with Crippen LogP contribution in [0.4, 0.5) is 5.95 Å². The Morgan fingerprint density at radius 1 is 1.38 bits per heavy atom. The molecular formula is C12H16N4.